The number of aliphatic carboxylic acids is 1. The van der Waals surface area contributed by atoms with E-state index in [1.54, 1.807) is 17.4 Å². The summed E-state index contributed by atoms with van der Waals surface area (Å²) in [7, 11) is 0. The average molecular weight is 291 g/mol. The van der Waals surface area contributed by atoms with Crippen molar-refractivity contribution in [2.75, 3.05) is 0 Å². The van der Waals surface area contributed by atoms with Gasteiger partial charge in [0.1, 0.15) is 6.04 Å². The number of carbonyl (C=O) groups excluding carboxylic acids is 1. The van der Waals surface area contributed by atoms with E-state index in [0.717, 1.165) is 31.2 Å². The lowest BCUT2D eigenvalue weighted by Crippen LogP contribution is -2.46. The number of rotatable bonds is 4. The standard InChI is InChI=1S/C16H21NO4/c18-15(6-5-11-7-8-21-10-11)17-13-4-2-1-3-12(13)9-14(17)16(19)20/h7-8,10,12-14H,1-6,9H2,(H,19,20). The lowest BCUT2D eigenvalue weighted by atomic mass is 9.84. The van der Waals surface area contributed by atoms with Crippen LogP contribution >= 0.6 is 0 Å². The van der Waals surface area contributed by atoms with Crippen molar-refractivity contribution in [3.8, 4) is 0 Å². The number of aryl methyl sites for hydroxylation is 1. The molecule has 1 saturated heterocycles. The van der Waals surface area contributed by atoms with Crippen LogP contribution in [0.4, 0.5) is 0 Å². The van der Waals surface area contributed by atoms with E-state index in [2.05, 4.69) is 0 Å². The summed E-state index contributed by atoms with van der Waals surface area (Å²) in [6.07, 6.45) is 9.07. The first-order valence-corrected chi connectivity index (χ1v) is 7.72. The number of nitrogens with zero attached hydrogens (tertiary/aromatic N) is 1. The molecule has 2 heterocycles. The molecule has 1 aliphatic carbocycles. The third-order valence-electron chi connectivity index (χ3n) is 4.87. The molecule has 114 valence electrons. The monoisotopic (exact) mass is 291 g/mol. The number of amides is 1. The molecule has 1 aromatic rings. The van der Waals surface area contributed by atoms with E-state index in [1.165, 1.54) is 0 Å². The molecule has 1 saturated carbocycles. The van der Waals surface area contributed by atoms with E-state index in [9.17, 15) is 14.7 Å². The van der Waals surface area contributed by atoms with Crippen LogP contribution in [0.15, 0.2) is 23.0 Å². The highest BCUT2D eigenvalue weighted by atomic mass is 16.4. The van der Waals surface area contributed by atoms with Gasteiger partial charge >= 0.3 is 5.97 Å². The van der Waals surface area contributed by atoms with E-state index < -0.39 is 12.0 Å². The first-order valence-electron chi connectivity index (χ1n) is 7.72. The van der Waals surface area contributed by atoms with Crippen molar-refractivity contribution in [3.05, 3.63) is 24.2 Å². The average Bonchev–Trinajstić information content (AvgIpc) is 3.11. The Morgan fingerprint density at radius 1 is 1.33 bits per heavy atom. The van der Waals surface area contributed by atoms with E-state index in [1.807, 2.05) is 6.07 Å². The van der Waals surface area contributed by atoms with Gasteiger partial charge in [0.25, 0.3) is 0 Å². The minimum atomic E-state index is -0.860. The number of fused-ring (bicyclic) bond motifs is 1. The highest BCUT2D eigenvalue weighted by Gasteiger charge is 2.47. The third-order valence-corrected chi connectivity index (χ3v) is 4.87. The van der Waals surface area contributed by atoms with Crippen LogP contribution in [-0.2, 0) is 16.0 Å². The SMILES string of the molecule is O=C(O)C1CC2CCCCC2N1C(=O)CCc1ccoc1. The minimum absolute atomic E-state index is 0.0296. The Morgan fingerprint density at radius 2 is 2.14 bits per heavy atom. The molecular formula is C16H21NO4. The molecule has 0 spiro atoms. The first-order chi connectivity index (χ1) is 10.2. The molecule has 2 fully saturated rings. The molecule has 3 atom stereocenters. The van der Waals surface area contributed by atoms with E-state index >= 15 is 0 Å². The van der Waals surface area contributed by atoms with Crippen molar-refractivity contribution in [2.24, 2.45) is 5.92 Å². The number of hydrogen-bond acceptors (Lipinski definition) is 3. The summed E-state index contributed by atoms with van der Waals surface area (Å²) in [5.41, 5.74) is 0.981. The Morgan fingerprint density at radius 3 is 2.86 bits per heavy atom. The molecule has 1 N–H and O–H groups in total. The molecular weight excluding hydrogens is 270 g/mol. The Kier molecular flexibility index (Phi) is 3.99. The van der Waals surface area contributed by atoms with Gasteiger partial charge in [-0.25, -0.2) is 4.79 Å². The first kappa shape index (κ1) is 14.2. The molecule has 5 nitrogen and oxygen atoms in total. The molecule has 21 heavy (non-hydrogen) atoms. The second kappa shape index (κ2) is 5.92. The fraction of sp³-hybridized carbons (Fsp3) is 0.625. The summed E-state index contributed by atoms with van der Waals surface area (Å²) in [6.45, 7) is 0. The van der Waals surface area contributed by atoms with Crippen molar-refractivity contribution in [1.29, 1.82) is 0 Å². The molecule has 1 aliphatic heterocycles. The van der Waals surface area contributed by atoms with Gasteiger partial charge in [-0.1, -0.05) is 12.8 Å². The van der Waals surface area contributed by atoms with Crippen LogP contribution in [0.3, 0.4) is 0 Å². The zero-order valence-corrected chi connectivity index (χ0v) is 12.0. The summed E-state index contributed by atoms with van der Waals surface area (Å²) < 4.78 is 5.00. The zero-order valence-electron chi connectivity index (χ0n) is 12.0. The highest BCUT2D eigenvalue weighted by Crippen LogP contribution is 2.40. The van der Waals surface area contributed by atoms with Crippen LogP contribution < -0.4 is 0 Å². The Labute approximate surface area is 123 Å². The van der Waals surface area contributed by atoms with E-state index in [-0.39, 0.29) is 11.9 Å². The second-order valence-corrected chi connectivity index (χ2v) is 6.13. The normalized spacial score (nSPS) is 28.4. The van der Waals surface area contributed by atoms with Crippen molar-refractivity contribution >= 4 is 11.9 Å². The number of carboxylic acid groups (broad SMARTS) is 1. The molecule has 3 rings (SSSR count). The van der Waals surface area contributed by atoms with Crippen molar-refractivity contribution in [1.82, 2.24) is 4.90 Å². The fourth-order valence-corrected chi connectivity index (χ4v) is 3.85. The number of likely N-dealkylation sites (tertiary alicyclic amines) is 1. The van der Waals surface area contributed by atoms with Gasteiger partial charge in [-0.2, -0.15) is 0 Å². The number of carbonyl (C=O) groups is 2. The van der Waals surface area contributed by atoms with Crippen LogP contribution in [-0.4, -0.2) is 34.0 Å². The zero-order chi connectivity index (χ0) is 14.8. The molecule has 3 unspecified atom stereocenters. The summed E-state index contributed by atoms with van der Waals surface area (Å²) >= 11 is 0. The summed E-state index contributed by atoms with van der Waals surface area (Å²) in [5.74, 6) is -0.517. The maximum absolute atomic E-state index is 12.5. The number of furan rings is 1. The van der Waals surface area contributed by atoms with Crippen LogP contribution in [0.1, 0.15) is 44.1 Å². The molecule has 0 radical (unpaired) electrons. The summed E-state index contributed by atoms with van der Waals surface area (Å²) in [6, 6.07) is 1.35. The van der Waals surface area contributed by atoms with Crippen molar-refractivity contribution in [2.45, 2.75) is 57.0 Å². The number of hydrogen-bond donors (Lipinski definition) is 1. The lowest BCUT2D eigenvalue weighted by molar-refractivity contribution is -0.149. The van der Waals surface area contributed by atoms with Gasteiger partial charge in [0.05, 0.1) is 12.5 Å². The smallest absolute Gasteiger partial charge is 0.326 e. The molecule has 0 bridgehead atoms. The fourth-order valence-electron chi connectivity index (χ4n) is 3.85. The Bertz CT molecular complexity index is 510. The van der Waals surface area contributed by atoms with Crippen LogP contribution in [0.25, 0.3) is 0 Å². The van der Waals surface area contributed by atoms with Gasteiger partial charge in [-0.15, -0.1) is 0 Å². The maximum Gasteiger partial charge on any atom is 0.326 e. The third kappa shape index (κ3) is 2.82. The van der Waals surface area contributed by atoms with Crippen LogP contribution in [0.2, 0.25) is 0 Å². The van der Waals surface area contributed by atoms with E-state index in [0.29, 0.717) is 25.2 Å². The van der Waals surface area contributed by atoms with Gasteiger partial charge in [0, 0.05) is 12.5 Å². The molecule has 5 heteroatoms. The molecule has 1 aromatic heterocycles. The second-order valence-electron chi connectivity index (χ2n) is 6.13. The van der Waals surface area contributed by atoms with Gasteiger partial charge in [-0.05, 0) is 43.2 Å². The summed E-state index contributed by atoms with van der Waals surface area (Å²) in [4.78, 5) is 25.7. The minimum Gasteiger partial charge on any atom is -0.480 e. The Balaban J connectivity index is 1.70. The Hall–Kier alpha value is -1.78. The van der Waals surface area contributed by atoms with Crippen LogP contribution in [0.5, 0.6) is 0 Å². The molecule has 1 amide bonds. The van der Waals surface area contributed by atoms with Crippen LogP contribution in [0, 0.1) is 5.92 Å². The summed E-state index contributed by atoms with van der Waals surface area (Å²) in [5, 5.41) is 9.42. The number of carboxylic acids is 1. The lowest BCUT2D eigenvalue weighted by Gasteiger charge is -2.33. The molecule has 0 aromatic carbocycles. The predicted octanol–water partition coefficient (Wildman–Crippen LogP) is 2.46. The predicted molar refractivity (Wildman–Crippen MR) is 75.7 cm³/mol. The van der Waals surface area contributed by atoms with Gasteiger partial charge < -0.3 is 14.4 Å². The maximum atomic E-state index is 12.5. The quantitative estimate of drug-likeness (QED) is 0.925. The molecule has 2 aliphatic rings. The largest absolute Gasteiger partial charge is 0.480 e. The topological polar surface area (TPSA) is 70.8 Å². The van der Waals surface area contributed by atoms with E-state index in [4.69, 9.17) is 4.42 Å². The van der Waals surface area contributed by atoms with Gasteiger partial charge in [0.2, 0.25) is 5.91 Å². The van der Waals surface area contributed by atoms with Gasteiger partial charge in [0.15, 0.2) is 0 Å². The van der Waals surface area contributed by atoms with Gasteiger partial charge in [-0.3, -0.25) is 4.79 Å². The van der Waals surface area contributed by atoms with Crippen molar-refractivity contribution in [3.63, 3.8) is 0 Å². The van der Waals surface area contributed by atoms with Crippen molar-refractivity contribution < 1.29 is 19.1 Å². The highest BCUT2D eigenvalue weighted by molar-refractivity contribution is 5.85.